The van der Waals surface area contributed by atoms with Gasteiger partial charge in [-0.15, -0.1) is 0 Å². The van der Waals surface area contributed by atoms with Crippen LogP contribution in [0, 0.1) is 0 Å². The molecule has 4 aromatic rings. The molecule has 0 aliphatic carbocycles. The van der Waals surface area contributed by atoms with E-state index in [1.54, 1.807) is 13.3 Å². The summed E-state index contributed by atoms with van der Waals surface area (Å²) in [6, 6.07) is 25.9. The van der Waals surface area contributed by atoms with Crippen LogP contribution in [0.4, 0.5) is 5.69 Å². The van der Waals surface area contributed by atoms with Gasteiger partial charge in [-0.05, 0) is 48.1 Å². The van der Waals surface area contributed by atoms with Crippen LogP contribution in [-0.2, 0) is 0 Å². The molecule has 3 N–H and O–H groups in total. The predicted octanol–water partition coefficient (Wildman–Crippen LogP) is 5.16. The number of rotatable bonds is 5. The molecule has 0 saturated carbocycles. The van der Waals surface area contributed by atoms with Gasteiger partial charge >= 0.3 is 0 Å². The number of anilines is 1. The zero-order valence-electron chi connectivity index (χ0n) is 15.8. The minimum Gasteiger partial charge on any atom is -0.497 e. The van der Waals surface area contributed by atoms with Crippen molar-refractivity contribution >= 4 is 40.1 Å². The highest BCUT2D eigenvalue weighted by Gasteiger charge is 2.11. The van der Waals surface area contributed by atoms with E-state index in [4.69, 9.17) is 17.0 Å². The van der Waals surface area contributed by atoms with Crippen LogP contribution in [0.15, 0.2) is 84.0 Å². The Morgan fingerprint density at radius 1 is 0.966 bits per heavy atom. The summed E-state index contributed by atoms with van der Waals surface area (Å²) in [6.45, 7) is 0. The van der Waals surface area contributed by atoms with Gasteiger partial charge in [-0.2, -0.15) is 5.10 Å². The van der Waals surface area contributed by atoms with Crippen molar-refractivity contribution in [2.45, 2.75) is 0 Å². The summed E-state index contributed by atoms with van der Waals surface area (Å²) in [4.78, 5) is 3.49. The molecule has 0 atom stereocenters. The number of ether oxygens (including phenoxy) is 1. The first kappa shape index (κ1) is 18.7. The Bertz CT molecular complexity index is 1150. The summed E-state index contributed by atoms with van der Waals surface area (Å²) in [5.41, 5.74) is 7.93. The monoisotopic (exact) mass is 400 g/mol. The third kappa shape index (κ3) is 4.28. The predicted molar refractivity (Wildman–Crippen MR) is 124 cm³/mol. The van der Waals surface area contributed by atoms with Crippen molar-refractivity contribution in [1.29, 1.82) is 0 Å². The second-order valence-corrected chi connectivity index (χ2v) is 6.79. The number of para-hydroxylation sites is 1. The highest BCUT2D eigenvalue weighted by Crippen LogP contribution is 2.28. The quantitative estimate of drug-likeness (QED) is 0.246. The van der Waals surface area contributed by atoms with E-state index >= 15 is 0 Å². The Morgan fingerprint density at radius 3 is 2.45 bits per heavy atom. The molecule has 0 fully saturated rings. The zero-order chi connectivity index (χ0) is 20.1. The van der Waals surface area contributed by atoms with Gasteiger partial charge in [0.15, 0.2) is 5.11 Å². The molecular weight excluding hydrogens is 380 g/mol. The van der Waals surface area contributed by atoms with E-state index in [-0.39, 0.29) is 0 Å². The molecule has 0 unspecified atom stereocenters. The average molecular weight is 401 g/mol. The number of H-pyrrole nitrogens is 1. The van der Waals surface area contributed by atoms with Crippen LogP contribution in [0.3, 0.4) is 0 Å². The lowest BCUT2D eigenvalue weighted by Crippen LogP contribution is -2.23. The average Bonchev–Trinajstić information content (AvgIpc) is 3.14. The minimum atomic E-state index is 0.410. The highest BCUT2D eigenvalue weighted by molar-refractivity contribution is 7.80. The normalized spacial score (nSPS) is 10.9. The largest absolute Gasteiger partial charge is 0.497 e. The molecule has 0 saturated heterocycles. The Kier molecular flexibility index (Phi) is 5.54. The molecule has 0 aliphatic heterocycles. The van der Waals surface area contributed by atoms with E-state index in [9.17, 15) is 0 Å². The highest BCUT2D eigenvalue weighted by atomic mass is 32.1. The molecule has 0 aliphatic rings. The molecule has 6 heteroatoms. The third-order valence-corrected chi connectivity index (χ3v) is 4.71. The summed E-state index contributed by atoms with van der Waals surface area (Å²) in [6.07, 6.45) is 1.79. The first-order valence-corrected chi connectivity index (χ1v) is 9.55. The van der Waals surface area contributed by atoms with Crippen LogP contribution in [-0.4, -0.2) is 23.4 Å². The number of methoxy groups -OCH3 is 1. The SMILES string of the molecule is COc1ccc(NC(=S)N/N=C/c2c(-c3ccccc3)[nH]c3ccccc23)cc1. The molecule has 0 radical (unpaired) electrons. The Balaban J connectivity index is 1.53. The van der Waals surface area contributed by atoms with Gasteiger partial charge in [0.2, 0.25) is 0 Å². The Labute approximate surface area is 174 Å². The Hall–Kier alpha value is -3.64. The van der Waals surface area contributed by atoms with E-state index < -0.39 is 0 Å². The van der Waals surface area contributed by atoms with Crippen molar-refractivity contribution in [2.75, 3.05) is 12.4 Å². The van der Waals surface area contributed by atoms with Gasteiger partial charge in [-0.1, -0.05) is 48.5 Å². The van der Waals surface area contributed by atoms with E-state index in [0.717, 1.165) is 39.2 Å². The molecule has 3 aromatic carbocycles. The maximum Gasteiger partial charge on any atom is 0.191 e. The number of fused-ring (bicyclic) bond motifs is 1. The lowest BCUT2D eigenvalue weighted by molar-refractivity contribution is 0.415. The summed E-state index contributed by atoms with van der Waals surface area (Å²) in [5.74, 6) is 0.792. The molecular formula is C23H20N4OS. The van der Waals surface area contributed by atoms with E-state index in [0.29, 0.717) is 5.11 Å². The third-order valence-electron chi connectivity index (χ3n) is 4.52. The summed E-state index contributed by atoms with van der Waals surface area (Å²) < 4.78 is 5.16. The molecule has 29 heavy (non-hydrogen) atoms. The van der Waals surface area contributed by atoms with Crippen molar-refractivity contribution in [3.63, 3.8) is 0 Å². The topological polar surface area (TPSA) is 61.4 Å². The molecule has 144 valence electrons. The fourth-order valence-electron chi connectivity index (χ4n) is 3.12. The number of benzene rings is 3. The van der Waals surface area contributed by atoms with Crippen LogP contribution in [0.2, 0.25) is 0 Å². The maximum atomic E-state index is 5.34. The molecule has 0 amide bonds. The molecule has 0 spiro atoms. The second kappa shape index (κ2) is 8.58. The van der Waals surface area contributed by atoms with Crippen molar-refractivity contribution in [3.8, 4) is 17.0 Å². The lowest BCUT2D eigenvalue weighted by Gasteiger charge is -2.07. The lowest BCUT2D eigenvalue weighted by atomic mass is 10.1. The van der Waals surface area contributed by atoms with Gasteiger partial charge in [-0.3, -0.25) is 5.43 Å². The number of hydrazone groups is 1. The first-order valence-electron chi connectivity index (χ1n) is 9.15. The van der Waals surface area contributed by atoms with Crippen molar-refractivity contribution in [1.82, 2.24) is 10.4 Å². The van der Waals surface area contributed by atoms with Gasteiger partial charge in [0.1, 0.15) is 5.75 Å². The molecule has 4 rings (SSSR count). The van der Waals surface area contributed by atoms with Crippen LogP contribution in [0.5, 0.6) is 5.75 Å². The van der Waals surface area contributed by atoms with Gasteiger partial charge in [0.05, 0.1) is 19.0 Å². The van der Waals surface area contributed by atoms with Crippen molar-refractivity contribution in [2.24, 2.45) is 5.10 Å². The number of thiocarbonyl (C=S) groups is 1. The number of aromatic nitrogens is 1. The Morgan fingerprint density at radius 2 is 1.69 bits per heavy atom. The summed E-state index contributed by atoms with van der Waals surface area (Å²) in [7, 11) is 1.64. The zero-order valence-corrected chi connectivity index (χ0v) is 16.7. The van der Waals surface area contributed by atoms with Gasteiger partial charge < -0.3 is 15.0 Å². The smallest absolute Gasteiger partial charge is 0.191 e. The van der Waals surface area contributed by atoms with Crippen LogP contribution in [0.25, 0.3) is 22.2 Å². The fraction of sp³-hybridized carbons (Fsp3) is 0.0435. The van der Waals surface area contributed by atoms with Gasteiger partial charge in [-0.25, -0.2) is 0 Å². The van der Waals surface area contributed by atoms with Crippen LogP contribution in [0.1, 0.15) is 5.56 Å². The van der Waals surface area contributed by atoms with Crippen molar-refractivity contribution < 1.29 is 4.74 Å². The number of hydrogen-bond acceptors (Lipinski definition) is 3. The first-order chi connectivity index (χ1) is 14.2. The number of nitrogens with one attached hydrogen (secondary N) is 3. The molecule has 5 nitrogen and oxygen atoms in total. The number of hydrogen-bond donors (Lipinski definition) is 3. The standard InChI is InChI=1S/C23H20N4OS/c1-28-18-13-11-17(12-14-18)25-23(29)27-24-15-20-19-9-5-6-10-21(19)26-22(20)16-7-3-2-4-8-16/h2-15,26H,1H3,(H2,25,27,29)/b24-15+. The molecule has 1 aromatic heterocycles. The summed E-state index contributed by atoms with van der Waals surface area (Å²) in [5, 5.41) is 8.97. The van der Waals surface area contributed by atoms with E-state index in [2.05, 4.69) is 45.1 Å². The number of aromatic amines is 1. The van der Waals surface area contributed by atoms with Crippen LogP contribution >= 0.6 is 12.2 Å². The molecule has 1 heterocycles. The fourth-order valence-corrected chi connectivity index (χ4v) is 3.29. The van der Waals surface area contributed by atoms with E-state index in [1.165, 1.54) is 0 Å². The summed E-state index contributed by atoms with van der Waals surface area (Å²) >= 11 is 5.34. The van der Waals surface area contributed by atoms with Gasteiger partial charge in [0.25, 0.3) is 0 Å². The molecule has 0 bridgehead atoms. The maximum absolute atomic E-state index is 5.34. The van der Waals surface area contributed by atoms with Gasteiger partial charge in [0, 0.05) is 22.2 Å². The van der Waals surface area contributed by atoms with Crippen LogP contribution < -0.4 is 15.5 Å². The number of nitrogens with zero attached hydrogens (tertiary/aromatic N) is 1. The van der Waals surface area contributed by atoms with Crippen molar-refractivity contribution in [3.05, 3.63) is 84.4 Å². The second-order valence-electron chi connectivity index (χ2n) is 6.38. The minimum absolute atomic E-state index is 0.410. The van der Waals surface area contributed by atoms with E-state index in [1.807, 2.05) is 54.6 Å².